The molecule has 1 amide bonds. The third kappa shape index (κ3) is 3.39. The molecule has 6 nitrogen and oxygen atoms in total. The summed E-state index contributed by atoms with van der Waals surface area (Å²) in [5, 5.41) is 1.62. The lowest BCUT2D eigenvalue weighted by Crippen LogP contribution is -2.20. The maximum Gasteiger partial charge on any atom is 0.269 e. The Morgan fingerprint density at radius 1 is 1.03 bits per heavy atom. The van der Waals surface area contributed by atoms with E-state index in [1.807, 2.05) is 60.7 Å². The molecule has 2 aromatic heterocycles. The molecule has 4 aromatic rings. The van der Waals surface area contributed by atoms with Crippen molar-refractivity contribution < 1.29 is 9.59 Å². The Bertz CT molecular complexity index is 1230. The molecule has 0 aliphatic rings. The fourth-order valence-electron chi connectivity index (χ4n) is 3.68. The number of amides is 1. The van der Waals surface area contributed by atoms with Gasteiger partial charge in [0.05, 0.1) is 16.7 Å². The molecule has 0 bridgehead atoms. The lowest BCUT2D eigenvalue weighted by Gasteiger charge is -2.11. The predicted molar refractivity (Wildman–Crippen MR) is 114 cm³/mol. The van der Waals surface area contributed by atoms with Gasteiger partial charge in [-0.15, -0.1) is 0 Å². The molecule has 0 aliphatic carbocycles. The number of benzene rings is 2. The molecule has 0 fully saturated rings. The largest absolute Gasteiger partial charge is 0.364 e. The molecule has 29 heavy (non-hydrogen) atoms. The molecule has 1 unspecified atom stereocenters. The standard InChI is InChI=1S/C23H22N4O2/c1-14(24)18-13-17-16-9-5-6-10-19(16)27(22(17)21(26-18)23(25)29)20(28)12-11-15-7-3-2-4-8-15/h2-10,13-14H,11-12,24H2,1H3,(H2,25,29). The van der Waals surface area contributed by atoms with E-state index >= 15 is 0 Å². The second-order valence-corrected chi connectivity index (χ2v) is 7.18. The molecule has 0 aliphatic heterocycles. The number of hydrogen-bond donors (Lipinski definition) is 2. The summed E-state index contributed by atoms with van der Waals surface area (Å²) in [6.07, 6.45) is 0.899. The Morgan fingerprint density at radius 3 is 2.41 bits per heavy atom. The summed E-state index contributed by atoms with van der Waals surface area (Å²) in [4.78, 5) is 29.9. The molecule has 1 atom stereocenters. The van der Waals surface area contributed by atoms with Crippen LogP contribution in [0.25, 0.3) is 21.8 Å². The van der Waals surface area contributed by atoms with Crippen molar-refractivity contribution in [1.29, 1.82) is 0 Å². The number of primary amides is 1. The minimum Gasteiger partial charge on any atom is -0.364 e. The molecule has 0 saturated heterocycles. The van der Waals surface area contributed by atoms with E-state index in [4.69, 9.17) is 11.5 Å². The van der Waals surface area contributed by atoms with Gasteiger partial charge >= 0.3 is 0 Å². The Morgan fingerprint density at radius 2 is 1.72 bits per heavy atom. The van der Waals surface area contributed by atoms with E-state index in [-0.39, 0.29) is 17.6 Å². The van der Waals surface area contributed by atoms with Crippen LogP contribution in [0.2, 0.25) is 0 Å². The van der Waals surface area contributed by atoms with E-state index in [0.717, 1.165) is 21.9 Å². The van der Waals surface area contributed by atoms with Crippen LogP contribution in [0.3, 0.4) is 0 Å². The molecular formula is C23H22N4O2. The highest BCUT2D eigenvalue weighted by molar-refractivity contribution is 6.18. The molecule has 2 aromatic carbocycles. The van der Waals surface area contributed by atoms with Crippen molar-refractivity contribution in [2.45, 2.75) is 25.8 Å². The SMILES string of the molecule is CC(N)c1cc2c3ccccc3n(C(=O)CCc3ccccc3)c2c(C(N)=O)n1. The van der Waals surface area contributed by atoms with Crippen LogP contribution in [0.1, 0.15) is 45.9 Å². The number of hydrogen-bond acceptors (Lipinski definition) is 4. The molecule has 2 heterocycles. The van der Waals surface area contributed by atoms with Crippen LogP contribution < -0.4 is 11.5 Å². The first-order valence-electron chi connectivity index (χ1n) is 9.54. The number of nitrogens with two attached hydrogens (primary N) is 2. The first-order chi connectivity index (χ1) is 14.0. The zero-order valence-corrected chi connectivity index (χ0v) is 16.1. The van der Waals surface area contributed by atoms with E-state index in [1.54, 1.807) is 11.5 Å². The summed E-state index contributed by atoms with van der Waals surface area (Å²) in [6, 6.07) is 18.9. The Labute approximate surface area is 168 Å². The average molecular weight is 386 g/mol. The highest BCUT2D eigenvalue weighted by Gasteiger charge is 2.23. The van der Waals surface area contributed by atoms with Crippen molar-refractivity contribution in [3.63, 3.8) is 0 Å². The van der Waals surface area contributed by atoms with Crippen LogP contribution >= 0.6 is 0 Å². The molecule has 0 spiro atoms. The second kappa shape index (κ2) is 7.48. The van der Waals surface area contributed by atoms with Crippen LogP contribution in [0.4, 0.5) is 0 Å². The van der Waals surface area contributed by atoms with E-state index in [9.17, 15) is 9.59 Å². The molecule has 6 heteroatoms. The van der Waals surface area contributed by atoms with Crippen LogP contribution in [-0.4, -0.2) is 21.4 Å². The fraction of sp³-hybridized carbons (Fsp3) is 0.174. The van der Waals surface area contributed by atoms with Gasteiger partial charge in [0.2, 0.25) is 5.91 Å². The summed E-state index contributed by atoms with van der Waals surface area (Å²) >= 11 is 0. The first kappa shape index (κ1) is 18.8. The van der Waals surface area contributed by atoms with Gasteiger partial charge in [-0.3, -0.25) is 14.2 Å². The maximum absolute atomic E-state index is 13.3. The van der Waals surface area contributed by atoms with Gasteiger partial charge in [-0.2, -0.15) is 0 Å². The summed E-state index contributed by atoms with van der Waals surface area (Å²) < 4.78 is 1.58. The van der Waals surface area contributed by atoms with Crippen LogP contribution in [-0.2, 0) is 6.42 Å². The lowest BCUT2D eigenvalue weighted by atomic mass is 10.1. The Balaban J connectivity index is 1.92. The van der Waals surface area contributed by atoms with Crippen molar-refractivity contribution in [1.82, 2.24) is 9.55 Å². The van der Waals surface area contributed by atoms with Gasteiger partial charge in [-0.1, -0.05) is 48.5 Å². The zero-order valence-electron chi connectivity index (χ0n) is 16.1. The average Bonchev–Trinajstić information content (AvgIpc) is 3.06. The molecule has 4 N–H and O–H groups in total. The number of carbonyl (C=O) groups excluding carboxylic acids is 2. The van der Waals surface area contributed by atoms with Gasteiger partial charge < -0.3 is 11.5 Å². The summed E-state index contributed by atoms with van der Waals surface area (Å²) in [5.41, 5.74) is 14.5. The number of aryl methyl sites for hydroxylation is 1. The van der Waals surface area contributed by atoms with Crippen molar-refractivity contribution in [3.8, 4) is 0 Å². The van der Waals surface area contributed by atoms with Gasteiger partial charge in [-0.05, 0) is 31.0 Å². The molecule has 4 rings (SSSR count). The number of fused-ring (bicyclic) bond motifs is 3. The molecule has 0 saturated carbocycles. The van der Waals surface area contributed by atoms with E-state index in [1.165, 1.54) is 0 Å². The van der Waals surface area contributed by atoms with Crippen molar-refractivity contribution in [2.24, 2.45) is 11.5 Å². The minimum atomic E-state index is -0.683. The van der Waals surface area contributed by atoms with Crippen molar-refractivity contribution >= 4 is 33.6 Å². The van der Waals surface area contributed by atoms with Crippen LogP contribution in [0.15, 0.2) is 60.7 Å². The maximum atomic E-state index is 13.3. The number of nitrogens with zero attached hydrogens (tertiary/aromatic N) is 2. The number of pyridine rings is 1. The summed E-state index contributed by atoms with van der Waals surface area (Å²) in [6.45, 7) is 1.79. The third-order valence-corrected chi connectivity index (χ3v) is 5.09. The molecular weight excluding hydrogens is 364 g/mol. The monoisotopic (exact) mass is 386 g/mol. The van der Waals surface area contributed by atoms with Gasteiger partial charge in [0.15, 0.2) is 5.69 Å². The highest BCUT2D eigenvalue weighted by atomic mass is 16.2. The summed E-state index contributed by atoms with van der Waals surface area (Å²) in [7, 11) is 0. The lowest BCUT2D eigenvalue weighted by molar-refractivity contribution is 0.0913. The van der Waals surface area contributed by atoms with Gasteiger partial charge in [0.1, 0.15) is 0 Å². The first-order valence-corrected chi connectivity index (χ1v) is 9.54. The number of para-hydroxylation sites is 1. The quantitative estimate of drug-likeness (QED) is 0.547. The Kier molecular flexibility index (Phi) is 4.86. The van der Waals surface area contributed by atoms with E-state index < -0.39 is 5.91 Å². The van der Waals surface area contributed by atoms with Gasteiger partial charge in [0.25, 0.3) is 5.91 Å². The minimum absolute atomic E-state index is 0.0686. The fourth-order valence-corrected chi connectivity index (χ4v) is 3.68. The van der Waals surface area contributed by atoms with Crippen LogP contribution in [0, 0.1) is 0 Å². The third-order valence-electron chi connectivity index (χ3n) is 5.09. The predicted octanol–water partition coefficient (Wildman–Crippen LogP) is 3.58. The highest BCUT2D eigenvalue weighted by Crippen LogP contribution is 2.32. The molecule has 0 radical (unpaired) electrons. The number of rotatable bonds is 5. The van der Waals surface area contributed by atoms with E-state index in [0.29, 0.717) is 24.1 Å². The second-order valence-electron chi connectivity index (χ2n) is 7.18. The van der Waals surface area contributed by atoms with Crippen molar-refractivity contribution in [3.05, 3.63) is 77.6 Å². The topological polar surface area (TPSA) is 104 Å². The van der Waals surface area contributed by atoms with Gasteiger partial charge in [-0.25, -0.2) is 4.98 Å². The normalized spacial score (nSPS) is 12.3. The number of carbonyl (C=O) groups is 2. The smallest absolute Gasteiger partial charge is 0.269 e. The Hall–Kier alpha value is -3.51. The number of aromatic nitrogens is 2. The van der Waals surface area contributed by atoms with E-state index in [2.05, 4.69) is 4.98 Å². The summed E-state index contributed by atoms with van der Waals surface area (Å²) in [5.74, 6) is -0.796. The van der Waals surface area contributed by atoms with Gasteiger partial charge in [0, 0.05) is 23.2 Å². The van der Waals surface area contributed by atoms with Crippen molar-refractivity contribution in [2.75, 3.05) is 0 Å². The van der Waals surface area contributed by atoms with Crippen LogP contribution in [0.5, 0.6) is 0 Å². The zero-order chi connectivity index (χ0) is 20.5. The molecule has 146 valence electrons.